The van der Waals surface area contributed by atoms with Crippen LogP contribution in [0, 0.1) is 0 Å². The molecule has 0 amide bonds. The van der Waals surface area contributed by atoms with Gasteiger partial charge in [-0.05, 0) is 35.0 Å². The zero-order chi connectivity index (χ0) is 13.8. The Bertz CT molecular complexity index is 595. The number of halogens is 1. The number of esters is 1. The summed E-state index contributed by atoms with van der Waals surface area (Å²) in [6.07, 6.45) is 3.53. The maximum absolute atomic E-state index is 11.9. The molecule has 0 unspecified atom stereocenters. The van der Waals surface area contributed by atoms with Crippen molar-refractivity contribution in [3.8, 4) is 0 Å². The van der Waals surface area contributed by atoms with Crippen molar-refractivity contribution >= 4 is 27.6 Å². The molecule has 0 aliphatic carbocycles. The molecule has 1 heterocycles. The third-order valence-corrected chi connectivity index (χ3v) is 3.51. The van der Waals surface area contributed by atoms with E-state index in [0.29, 0.717) is 15.7 Å². The first-order chi connectivity index (χ1) is 9.11. The van der Waals surface area contributed by atoms with Crippen LogP contribution >= 0.6 is 15.9 Å². The predicted molar refractivity (Wildman–Crippen MR) is 75.6 cm³/mol. The van der Waals surface area contributed by atoms with Gasteiger partial charge in [0.25, 0.3) is 0 Å². The molecule has 1 aromatic heterocycles. The quantitative estimate of drug-likeness (QED) is 0.693. The fourth-order valence-electron chi connectivity index (χ4n) is 1.59. The predicted octanol–water partition coefficient (Wildman–Crippen LogP) is 2.60. The van der Waals surface area contributed by atoms with Gasteiger partial charge in [0.05, 0.1) is 16.2 Å². The number of carbonyl (C=O) groups is 1. The average Bonchev–Trinajstić information content (AvgIpc) is 2.87. The smallest absolute Gasteiger partial charge is 0.339 e. The molecule has 2 N–H and O–H groups in total. The van der Waals surface area contributed by atoms with Gasteiger partial charge in [0.1, 0.15) is 6.61 Å². The summed E-state index contributed by atoms with van der Waals surface area (Å²) in [7, 11) is 0. The third-order valence-electron chi connectivity index (χ3n) is 2.63. The molecule has 19 heavy (non-hydrogen) atoms. The standard InChI is InChI=1S/C13H14BrN3O2/c1-2-17-7-9(6-16-17)8-19-13(18)10-4-3-5-11(15)12(10)14/h3-7H,2,8,15H2,1H3. The normalized spacial score (nSPS) is 10.4. The number of nitrogens with zero attached hydrogens (tertiary/aromatic N) is 2. The summed E-state index contributed by atoms with van der Waals surface area (Å²) < 4.78 is 7.57. The zero-order valence-electron chi connectivity index (χ0n) is 10.5. The highest BCUT2D eigenvalue weighted by atomic mass is 79.9. The number of rotatable bonds is 4. The van der Waals surface area contributed by atoms with Gasteiger partial charge in [-0.2, -0.15) is 5.10 Å². The second-order valence-corrected chi connectivity index (χ2v) is 4.78. The van der Waals surface area contributed by atoms with E-state index in [1.165, 1.54) is 0 Å². The van der Waals surface area contributed by atoms with Gasteiger partial charge in [0.15, 0.2) is 0 Å². The largest absolute Gasteiger partial charge is 0.457 e. The SMILES string of the molecule is CCn1cc(COC(=O)c2cccc(N)c2Br)cn1. The lowest BCUT2D eigenvalue weighted by molar-refractivity contribution is 0.0471. The molecule has 0 saturated heterocycles. The molecular formula is C13H14BrN3O2. The van der Waals surface area contributed by atoms with Crippen molar-refractivity contribution in [2.24, 2.45) is 0 Å². The Morgan fingerprint density at radius 1 is 1.53 bits per heavy atom. The minimum Gasteiger partial charge on any atom is -0.457 e. The highest BCUT2D eigenvalue weighted by molar-refractivity contribution is 9.10. The van der Waals surface area contributed by atoms with E-state index in [4.69, 9.17) is 10.5 Å². The minimum absolute atomic E-state index is 0.195. The summed E-state index contributed by atoms with van der Waals surface area (Å²) in [6.45, 7) is 2.97. The molecule has 2 rings (SSSR count). The van der Waals surface area contributed by atoms with E-state index < -0.39 is 5.97 Å². The van der Waals surface area contributed by atoms with Gasteiger partial charge in [0, 0.05) is 24.0 Å². The van der Waals surface area contributed by atoms with Gasteiger partial charge in [-0.15, -0.1) is 0 Å². The van der Waals surface area contributed by atoms with E-state index in [-0.39, 0.29) is 6.61 Å². The van der Waals surface area contributed by atoms with Gasteiger partial charge in [0.2, 0.25) is 0 Å². The molecule has 0 spiro atoms. The van der Waals surface area contributed by atoms with Crippen molar-refractivity contribution in [3.63, 3.8) is 0 Å². The topological polar surface area (TPSA) is 70.1 Å². The average molecular weight is 324 g/mol. The number of aromatic nitrogens is 2. The molecule has 0 aliphatic heterocycles. The minimum atomic E-state index is -0.413. The molecule has 0 aliphatic rings. The van der Waals surface area contributed by atoms with Crippen LogP contribution in [0.5, 0.6) is 0 Å². The monoisotopic (exact) mass is 323 g/mol. The van der Waals surface area contributed by atoms with Crippen LogP contribution in [0.4, 0.5) is 5.69 Å². The van der Waals surface area contributed by atoms with E-state index in [9.17, 15) is 4.79 Å². The molecule has 5 nitrogen and oxygen atoms in total. The first-order valence-corrected chi connectivity index (χ1v) is 6.63. The number of aryl methyl sites for hydroxylation is 1. The Balaban J connectivity index is 2.03. The van der Waals surface area contributed by atoms with Gasteiger partial charge < -0.3 is 10.5 Å². The second-order valence-electron chi connectivity index (χ2n) is 3.99. The Hall–Kier alpha value is -1.82. The zero-order valence-corrected chi connectivity index (χ0v) is 12.1. The molecule has 2 aromatic rings. The van der Waals surface area contributed by atoms with Crippen LogP contribution in [-0.4, -0.2) is 15.7 Å². The van der Waals surface area contributed by atoms with Gasteiger partial charge in [-0.1, -0.05) is 6.07 Å². The molecular weight excluding hydrogens is 310 g/mol. The Labute approximate surface area is 119 Å². The van der Waals surface area contributed by atoms with Crippen molar-refractivity contribution in [2.75, 3.05) is 5.73 Å². The first-order valence-electron chi connectivity index (χ1n) is 5.84. The summed E-state index contributed by atoms with van der Waals surface area (Å²) in [5, 5.41) is 4.11. The number of nitrogen functional groups attached to an aromatic ring is 1. The summed E-state index contributed by atoms with van der Waals surface area (Å²) in [4.78, 5) is 11.9. The molecule has 0 atom stereocenters. The molecule has 0 radical (unpaired) electrons. The number of hydrogen-bond acceptors (Lipinski definition) is 4. The van der Waals surface area contributed by atoms with Crippen molar-refractivity contribution in [3.05, 3.63) is 46.2 Å². The lowest BCUT2D eigenvalue weighted by Crippen LogP contribution is -2.07. The van der Waals surface area contributed by atoms with Crippen LogP contribution in [0.3, 0.4) is 0 Å². The third kappa shape index (κ3) is 3.14. The summed E-state index contributed by atoms with van der Waals surface area (Å²) in [6, 6.07) is 5.09. The van der Waals surface area contributed by atoms with Crippen molar-refractivity contribution in [2.45, 2.75) is 20.1 Å². The van der Waals surface area contributed by atoms with E-state index in [0.717, 1.165) is 12.1 Å². The molecule has 0 saturated carbocycles. The first kappa shape index (κ1) is 13.6. The lowest BCUT2D eigenvalue weighted by atomic mass is 10.2. The Morgan fingerprint density at radius 2 is 2.32 bits per heavy atom. The van der Waals surface area contributed by atoms with Gasteiger partial charge in [-0.25, -0.2) is 4.79 Å². The molecule has 1 aromatic carbocycles. The van der Waals surface area contributed by atoms with Gasteiger partial charge >= 0.3 is 5.97 Å². The number of ether oxygens (including phenoxy) is 1. The molecule has 6 heteroatoms. The van der Waals surface area contributed by atoms with Gasteiger partial charge in [-0.3, -0.25) is 4.68 Å². The highest BCUT2D eigenvalue weighted by Gasteiger charge is 2.13. The van der Waals surface area contributed by atoms with E-state index in [2.05, 4.69) is 21.0 Å². The van der Waals surface area contributed by atoms with E-state index in [1.54, 1.807) is 29.1 Å². The maximum Gasteiger partial charge on any atom is 0.339 e. The Kier molecular flexibility index (Phi) is 4.21. The van der Waals surface area contributed by atoms with Crippen molar-refractivity contribution in [1.29, 1.82) is 0 Å². The number of carbonyl (C=O) groups excluding carboxylic acids is 1. The lowest BCUT2D eigenvalue weighted by Gasteiger charge is -2.06. The summed E-state index contributed by atoms with van der Waals surface area (Å²) in [5.74, 6) is -0.413. The molecule has 0 fully saturated rings. The number of benzene rings is 1. The Morgan fingerprint density at radius 3 is 3.00 bits per heavy atom. The van der Waals surface area contributed by atoms with Crippen LogP contribution < -0.4 is 5.73 Å². The van der Waals surface area contributed by atoms with Crippen LogP contribution in [0.25, 0.3) is 0 Å². The number of hydrogen-bond donors (Lipinski definition) is 1. The highest BCUT2D eigenvalue weighted by Crippen LogP contribution is 2.24. The molecule has 0 bridgehead atoms. The number of nitrogens with two attached hydrogens (primary N) is 1. The van der Waals surface area contributed by atoms with E-state index in [1.807, 2.05) is 13.1 Å². The van der Waals surface area contributed by atoms with Crippen LogP contribution in [-0.2, 0) is 17.9 Å². The van der Waals surface area contributed by atoms with Crippen molar-refractivity contribution in [1.82, 2.24) is 9.78 Å². The van der Waals surface area contributed by atoms with Crippen LogP contribution in [0.2, 0.25) is 0 Å². The maximum atomic E-state index is 11.9. The van der Waals surface area contributed by atoms with Crippen LogP contribution in [0.1, 0.15) is 22.8 Å². The fourth-order valence-corrected chi connectivity index (χ4v) is 2.01. The molecule has 100 valence electrons. The van der Waals surface area contributed by atoms with Crippen molar-refractivity contribution < 1.29 is 9.53 Å². The number of anilines is 1. The summed E-state index contributed by atoms with van der Waals surface area (Å²) >= 11 is 3.28. The van der Waals surface area contributed by atoms with Crippen LogP contribution in [0.15, 0.2) is 35.1 Å². The fraction of sp³-hybridized carbons (Fsp3) is 0.231. The summed E-state index contributed by atoms with van der Waals surface area (Å²) in [5.41, 5.74) is 7.50. The van der Waals surface area contributed by atoms with E-state index >= 15 is 0 Å². The second kappa shape index (κ2) is 5.88.